The van der Waals surface area contributed by atoms with Gasteiger partial charge in [-0.3, -0.25) is 9.59 Å². The molecule has 2 heterocycles. The van der Waals surface area contributed by atoms with E-state index < -0.39 is 42.5 Å². The lowest BCUT2D eigenvalue weighted by Gasteiger charge is -2.14. The number of nitrogens with one attached hydrogen (secondary N) is 2. The number of ether oxygens (including phenoxy) is 2. The van der Waals surface area contributed by atoms with Crippen molar-refractivity contribution < 1.29 is 42.4 Å². The molecule has 1 aliphatic carbocycles. The Morgan fingerprint density at radius 2 is 1.75 bits per heavy atom. The van der Waals surface area contributed by atoms with E-state index in [1.807, 2.05) is 24.4 Å². The lowest BCUT2D eigenvalue weighted by atomic mass is 10.1. The van der Waals surface area contributed by atoms with Gasteiger partial charge in [0.1, 0.15) is 24.7 Å². The van der Waals surface area contributed by atoms with Gasteiger partial charge in [-0.15, -0.1) is 0 Å². The molecule has 0 radical (unpaired) electrons. The number of hydrogen-bond donors (Lipinski definition) is 3. The third kappa shape index (κ3) is 7.53. The van der Waals surface area contributed by atoms with Crippen molar-refractivity contribution in [3.8, 4) is 28.5 Å². The summed E-state index contributed by atoms with van der Waals surface area (Å²) in [5.74, 6) is 0.0490. The minimum absolute atomic E-state index is 0.113. The van der Waals surface area contributed by atoms with Crippen LogP contribution in [0.4, 0.5) is 9.18 Å². The van der Waals surface area contributed by atoms with Gasteiger partial charge >= 0.3 is 12.1 Å². The second-order valence-corrected chi connectivity index (χ2v) is 10.1. The highest BCUT2D eigenvalue weighted by Crippen LogP contribution is 2.39. The molecule has 4 aromatic rings. The summed E-state index contributed by atoms with van der Waals surface area (Å²) in [6.45, 7) is 2.67. The van der Waals surface area contributed by atoms with Crippen molar-refractivity contribution in [2.45, 2.75) is 51.2 Å². The van der Waals surface area contributed by atoms with Crippen LogP contribution < -0.4 is 15.4 Å². The average molecular weight is 609 g/mol. The van der Waals surface area contributed by atoms with Gasteiger partial charge in [-0.2, -0.15) is 9.97 Å². The summed E-state index contributed by atoms with van der Waals surface area (Å²) < 4.78 is 36.6. The van der Waals surface area contributed by atoms with Crippen LogP contribution in [0.5, 0.6) is 5.75 Å². The molecule has 1 saturated carbocycles. The van der Waals surface area contributed by atoms with Crippen LogP contribution in [-0.4, -0.2) is 62.6 Å². The van der Waals surface area contributed by atoms with Crippen molar-refractivity contribution in [1.82, 2.24) is 30.9 Å². The molecule has 14 nitrogen and oxygen atoms in total. The van der Waals surface area contributed by atoms with Crippen LogP contribution in [0.3, 0.4) is 0 Å². The molecule has 1 fully saturated rings. The SMILES string of the molecule is CCC(Oc1ccc(-c2noc(C3CC3)n2)cc1)c1nc(-c2ccc(C(=O)N[C@H](C)COC(=O)CNC(=O)O)c(F)c2)no1. The molecule has 15 heteroatoms. The van der Waals surface area contributed by atoms with E-state index in [1.54, 1.807) is 19.1 Å². The van der Waals surface area contributed by atoms with E-state index in [-0.39, 0.29) is 29.4 Å². The molecule has 2 aromatic heterocycles. The number of amides is 2. The minimum Gasteiger partial charge on any atom is -0.481 e. The molecule has 230 valence electrons. The first kappa shape index (κ1) is 30.1. The largest absolute Gasteiger partial charge is 0.481 e. The van der Waals surface area contributed by atoms with Gasteiger partial charge in [-0.25, -0.2) is 9.18 Å². The quantitative estimate of drug-likeness (QED) is 0.183. The van der Waals surface area contributed by atoms with E-state index in [9.17, 15) is 18.8 Å². The zero-order chi connectivity index (χ0) is 31.2. The molecule has 2 aromatic carbocycles. The van der Waals surface area contributed by atoms with Gasteiger partial charge in [0, 0.05) is 17.0 Å². The first-order valence-electron chi connectivity index (χ1n) is 13.9. The molecule has 5 rings (SSSR count). The van der Waals surface area contributed by atoms with Crippen molar-refractivity contribution in [3.63, 3.8) is 0 Å². The molecule has 0 aliphatic heterocycles. The number of carboxylic acid groups (broad SMARTS) is 1. The fourth-order valence-corrected chi connectivity index (χ4v) is 4.09. The fraction of sp³-hybridized carbons (Fsp3) is 0.345. The number of esters is 1. The van der Waals surface area contributed by atoms with Crippen molar-refractivity contribution in [2.75, 3.05) is 13.2 Å². The molecule has 44 heavy (non-hydrogen) atoms. The monoisotopic (exact) mass is 608 g/mol. The molecule has 0 spiro atoms. The van der Waals surface area contributed by atoms with Crippen LogP contribution in [0.25, 0.3) is 22.8 Å². The highest BCUT2D eigenvalue weighted by Gasteiger charge is 2.30. The number of carbonyl (C=O) groups excluding carboxylic acids is 2. The first-order chi connectivity index (χ1) is 21.2. The molecule has 3 N–H and O–H groups in total. The lowest BCUT2D eigenvalue weighted by Crippen LogP contribution is -2.38. The Morgan fingerprint density at radius 3 is 2.43 bits per heavy atom. The predicted octanol–water partition coefficient (Wildman–Crippen LogP) is 4.26. The third-order valence-corrected chi connectivity index (χ3v) is 6.57. The highest BCUT2D eigenvalue weighted by molar-refractivity contribution is 5.95. The van der Waals surface area contributed by atoms with E-state index in [0.29, 0.717) is 29.8 Å². The second kappa shape index (κ2) is 13.3. The van der Waals surface area contributed by atoms with Gasteiger partial charge in [-0.1, -0.05) is 23.3 Å². The summed E-state index contributed by atoms with van der Waals surface area (Å²) in [7, 11) is 0. The summed E-state index contributed by atoms with van der Waals surface area (Å²) in [6.07, 6.45) is 0.710. The Kier molecular flexibility index (Phi) is 9.12. The molecule has 1 unspecified atom stereocenters. The molecular formula is C29H29FN6O8. The maximum Gasteiger partial charge on any atom is 0.405 e. The van der Waals surface area contributed by atoms with Gasteiger partial charge in [0.2, 0.25) is 17.5 Å². The maximum absolute atomic E-state index is 14.9. The molecule has 2 atom stereocenters. The predicted molar refractivity (Wildman–Crippen MR) is 149 cm³/mol. The minimum atomic E-state index is -1.37. The Morgan fingerprint density at radius 1 is 1.05 bits per heavy atom. The van der Waals surface area contributed by atoms with Gasteiger partial charge in [0.05, 0.1) is 11.6 Å². The number of carbonyl (C=O) groups is 3. The Bertz CT molecular complexity index is 1630. The normalized spacial score (nSPS) is 14.0. The van der Waals surface area contributed by atoms with Gasteiger partial charge in [0.15, 0.2) is 6.10 Å². The van der Waals surface area contributed by atoms with E-state index in [4.69, 9.17) is 23.6 Å². The molecule has 2 amide bonds. The van der Waals surface area contributed by atoms with E-state index in [2.05, 4.69) is 25.6 Å². The van der Waals surface area contributed by atoms with Crippen LogP contribution in [0.15, 0.2) is 51.5 Å². The Labute approximate surface area is 249 Å². The summed E-state index contributed by atoms with van der Waals surface area (Å²) in [6, 6.07) is 10.4. The topological polar surface area (TPSA) is 192 Å². The molecule has 1 aliphatic rings. The number of aromatic nitrogens is 4. The number of rotatable bonds is 13. The van der Waals surface area contributed by atoms with Crippen molar-refractivity contribution in [1.29, 1.82) is 0 Å². The first-order valence-corrected chi connectivity index (χ1v) is 13.9. The van der Waals surface area contributed by atoms with Crippen molar-refractivity contribution in [3.05, 3.63) is 65.6 Å². The van der Waals surface area contributed by atoms with Crippen LogP contribution >= 0.6 is 0 Å². The number of halogens is 1. The van der Waals surface area contributed by atoms with Crippen molar-refractivity contribution in [2.24, 2.45) is 0 Å². The van der Waals surface area contributed by atoms with Crippen molar-refractivity contribution >= 4 is 18.0 Å². The van der Waals surface area contributed by atoms with Gasteiger partial charge < -0.3 is 34.3 Å². The van der Waals surface area contributed by atoms with E-state index in [0.717, 1.165) is 24.5 Å². The Balaban J connectivity index is 1.17. The van der Waals surface area contributed by atoms with Crippen LogP contribution in [0.1, 0.15) is 67.3 Å². The lowest BCUT2D eigenvalue weighted by molar-refractivity contribution is -0.143. The maximum atomic E-state index is 14.9. The highest BCUT2D eigenvalue weighted by atomic mass is 19.1. The van der Waals surface area contributed by atoms with Crippen LogP contribution in [-0.2, 0) is 9.53 Å². The molecular weight excluding hydrogens is 579 g/mol. The van der Waals surface area contributed by atoms with Gasteiger partial charge in [-0.05, 0) is 62.6 Å². The smallest absolute Gasteiger partial charge is 0.405 e. The zero-order valence-corrected chi connectivity index (χ0v) is 23.8. The van der Waals surface area contributed by atoms with Gasteiger partial charge in [0.25, 0.3) is 11.8 Å². The zero-order valence-electron chi connectivity index (χ0n) is 23.8. The van der Waals surface area contributed by atoms with E-state index >= 15 is 0 Å². The summed E-state index contributed by atoms with van der Waals surface area (Å²) in [5, 5.41) is 20.9. The van der Waals surface area contributed by atoms with Crippen LogP contribution in [0, 0.1) is 5.82 Å². The third-order valence-electron chi connectivity index (χ3n) is 6.57. The number of nitrogens with zero attached hydrogens (tertiary/aromatic N) is 4. The second-order valence-electron chi connectivity index (χ2n) is 10.1. The summed E-state index contributed by atoms with van der Waals surface area (Å²) in [5.41, 5.74) is 0.835. The standard InChI is InChI=1S/C29H29FN6O8/c1-3-22(42-19-9-6-16(7-10-19)24-33-27(43-35-24)17-4-5-17)28-34-25(36-44-28)18-8-11-20(21(30)12-18)26(38)32-15(2)14-41-23(37)13-31-29(39)40/h6-12,15,17,22,31H,3-5,13-14H2,1-2H3,(H,32,38)(H,39,40)/t15-,22?/m1/s1. The number of hydrogen-bond acceptors (Lipinski definition) is 11. The molecule has 0 bridgehead atoms. The average Bonchev–Trinajstić information content (AvgIpc) is 3.53. The fourth-order valence-electron chi connectivity index (χ4n) is 4.09. The van der Waals surface area contributed by atoms with Crippen LogP contribution in [0.2, 0.25) is 0 Å². The summed E-state index contributed by atoms with van der Waals surface area (Å²) >= 11 is 0. The summed E-state index contributed by atoms with van der Waals surface area (Å²) in [4.78, 5) is 43.3. The Hall–Kier alpha value is -5.34. The number of benzene rings is 2. The molecule has 0 saturated heterocycles. The van der Waals surface area contributed by atoms with E-state index in [1.165, 1.54) is 12.1 Å².